The Balaban J connectivity index is 2.66. The van der Waals surface area contributed by atoms with E-state index in [1.165, 1.54) is 6.07 Å². The van der Waals surface area contributed by atoms with Crippen LogP contribution in [0.4, 0.5) is 10.5 Å². The SMILES string of the molecule is CCC(C)(C)N(C(=O)C(CC(C)C)NC(=O)OC(C)(C)C)C(C(=O)Nc1ccc(OC)cc1)c1ccc(O)c(C)c1. The lowest BCUT2D eigenvalue weighted by Gasteiger charge is -2.45. The van der Waals surface area contributed by atoms with Crippen molar-refractivity contribution in [1.82, 2.24) is 10.2 Å². The van der Waals surface area contributed by atoms with E-state index in [0.717, 1.165) is 0 Å². The van der Waals surface area contributed by atoms with Crippen LogP contribution in [-0.4, -0.2) is 52.2 Å². The van der Waals surface area contributed by atoms with Crippen LogP contribution in [0.25, 0.3) is 0 Å². The molecule has 2 aromatic rings. The van der Waals surface area contributed by atoms with Gasteiger partial charge in [0.1, 0.15) is 29.2 Å². The summed E-state index contributed by atoms with van der Waals surface area (Å²) in [5, 5.41) is 15.9. The Kier molecular flexibility index (Phi) is 11.2. The van der Waals surface area contributed by atoms with Gasteiger partial charge in [-0.3, -0.25) is 9.59 Å². The summed E-state index contributed by atoms with van der Waals surface area (Å²) >= 11 is 0. The summed E-state index contributed by atoms with van der Waals surface area (Å²) in [6, 6.07) is 9.76. The van der Waals surface area contributed by atoms with Gasteiger partial charge >= 0.3 is 6.09 Å². The minimum Gasteiger partial charge on any atom is -0.508 e. The van der Waals surface area contributed by atoms with E-state index >= 15 is 0 Å². The van der Waals surface area contributed by atoms with Gasteiger partial charge in [0.25, 0.3) is 5.91 Å². The number of carbonyl (C=O) groups excluding carboxylic acids is 3. The van der Waals surface area contributed by atoms with Crippen LogP contribution < -0.4 is 15.4 Å². The number of carbonyl (C=O) groups is 3. The highest BCUT2D eigenvalue weighted by Gasteiger charge is 2.43. The number of amides is 3. The van der Waals surface area contributed by atoms with E-state index in [4.69, 9.17) is 9.47 Å². The van der Waals surface area contributed by atoms with Crippen LogP contribution in [0.2, 0.25) is 0 Å². The molecule has 2 atom stereocenters. The maximum atomic E-state index is 14.5. The second-order valence-electron chi connectivity index (χ2n) is 12.4. The van der Waals surface area contributed by atoms with Crippen LogP contribution in [-0.2, 0) is 14.3 Å². The number of hydrogen-bond acceptors (Lipinski definition) is 6. The minimum atomic E-state index is -1.08. The average molecular weight is 570 g/mol. The Bertz CT molecular complexity index is 1200. The fourth-order valence-corrected chi connectivity index (χ4v) is 4.41. The topological polar surface area (TPSA) is 117 Å². The van der Waals surface area contributed by atoms with Gasteiger partial charge in [0, 0.05) is 11.2 Å². The van der Waals surface area contributed by atoms with Gasteiger partial charge in [-0.05, 0) is 108 Å². The summed E-state index contributed by atoms with van der Waals surface area (Å²) in [4.78, 5) is 43.0. The van der Waals surface area contributed by atoms with Crippen molar-refractivity contribution >= 4 is 23.6 Å². The molecule has 2 aromatic carbocycles. The summed E-state index contributed by atoms with van der Waals surface area (Å²) in [5.74, 6) is -0.0528. The number of methoxy groups -OCH3 is 1. The summed E-state index contributed by atoms with van der Waals surface area (Å²) in [5.41, 5.74) is 0.0835. The van der Waals surface area contributed by atoms with E-state index in [-0.39, 0.29) is 11.7 Å². The number of phenols is 1. The van der Waals surface area contributed by atoms with Crippen molar-refractivity contribution in [3.63, 3.8) is 0 Å². The lowest BCUT2D eigenvalue weighted by atomic mass is 9.90. The fraction of sp³-hybridized carbons (Fsp3) is 0.531. The maximum absolute atomic E-state index is 14.5. The fourth-order valence-electron chi connectivity index (χ4n) is 4.41. The van der Waals surface area contributed by atoms with Gasteiger partial charge in [0.05, 0.1) is 7.11 Å². The molecule has 0 saturated carbocycles. The zero-order valence-corrected chi connectivity index (χ0v) is 26.1. The molecule has 0 saturated heterocycles. The molecule has 41 heavy (non-hydrogen) atoms. The standard InChI is InChI=1S/C32H47N3O6/c1-11-32(8,9)35(29(38)25(18-20(2)3)34-30(39)41-31(5,6)7)27(22-12-17-26(36)21(4)19-22)28(37)33-23-13-15-24(40-10)16-14-23/h12-17,19-20,25,27,36H,11,18H2,1-10H3,(H,33,37)(H,34,39). The van der Waals surface area contributed by atoms with E-state index < -0.39 is 41.1 Å². The molecule has 0 bridgehead atoms. The van der Waals surface area contributed by atoms with Crippen molar-refractivity contribution in [3.05, 3.63) is 53.6 Å². The number of hydrogen-bond donors (Lipinski definition) is 3. The number of nitrogens with zero attached hydrogens (tertiary/aromatic N) is 1. The molecule has 9 nitrogen and oxygen atoms in total. The maximum Gasteiger partial charge on any atom is 0.408 e. The molecule has 3 N–H and O–H groups in total. The largest absolute Gasteiger partial charge is 0.508 e. The first-order valence-electron chi connectivity index (χ1n) is 14.1. The molecule has 226 valence electrons. The molecule has 0 aliphatic rings. The van der Waals surface area contributed by atoms with Gasteiger partial charge < -0.3 is 30.1 Å². The minimum absolute atomic E-state index is 0.0629. The Hall–Kier alpha value is -3.75. The zero-order chi connectivity index (χ0) is 31.1. The first-order chi connectivity index (χ1) is 19.0. The Morgan fingerprint density at radius 1 is 1.00 bits per heavy atom. The molecule has 0 spiro atoms. The molecule has 0 fully saturated rings. The van der Waals surface area contributed by atoms with E-state index in [0.29, 0.717) is 35.4 Å². The number of nitrogens with one attached hydrogen (secondary N) is 2. The first kappa shape index (κ1) is 33.5. The van der Waals surface area contributed by atoms with Crippen LogP contribution in [0.3, 0.4) is 0 Å². The number of benzene rings is 2. The highest BCUT2D eigenvalue weighted by Crippen LogP contribution is 2.35. The molecule has 2 rings (SSSR count). The number of rotatable bonds is 11. The van der Waals surface area contributed by atoms with Gasteiger partial charge in [-0.2, -0.15) is 0 Å². The lowest BCUT2D eigenvalue weighted by molar-refractivity contribution is -0.148. The van der Waals surface area contributed by atoms with Crippen LogP contribution in [0.1, 0.15) is 85.4 Å². The van der Waals surface area contributed by atoms with Crippen molar-refractivity contribution in [2.45, 2.75) is 98.4 Å². The smallest absolute Gasteiger partial charge is 0.408 e. The van der Waals surface area contributed by atoms with Crippen molar-refractivity contribution in [2.24, 2.45) is 5.92 Å². The molecule has 0 radical (unpaired) electrons. The number of phenolic OH excluding ortho intramolecular Hbond substituents is 1. The Morgan fingerprint density at radius 2 is 1.61 bits per heavy atom. The summed E-state index contributed by atoms with van der Waals surface area (Å²) in [6.07, 6.45) is 0.170. The Labute approximate surface area is 244 Å². The molecule has 2 unspecified atom stereocenters. The van der Waals surface area contributed by atoms with E-state index in [9.17, 15) is 19.5 Å². The van der Waals surface area contributed by atoms with Gasteiger partial charge in [-0.15, -0.1) is 0 Å². The highest BCUT2D eigenvalue weighted by molar-refractivity contribution is 5.99. The van der Waals surface area contributed by atoms with Crippen molar-refractivity contribution in [2.75, 3.05) is 12.4 Å². The third-order valence-electron chi connectivity index (χ3n) is 6.85. The predicted molar refractivity (Wildman–Crippen MR) is 161 cm³/mol. The molecular formula is C32H47N3O6. The number of ether oxygens (including phenoxy) is 2. The first-order valence-corrected chi connectivity index (χ1v) is 14.1. The summed E-state index contributed by atoms with van der Waals surface area (Å²) in [7, 11) is 1.56. The van der Waals surface area contributed by atoms with E-state index in [1.54, 1.807) is 76.1 Å². The summed E-state index contributed by atoms with van der Waals surface area (Å²) in [6.45, 7) is 16.7. The number of aromatic hydroxyl groups is 1. The number of alkyl carbamates (subject to hydrolysis) is 1. The third kappa shape index (κ3) is 9.40. The molecule has 0 aliphatic heterocycles. The van der Waals surface area contributed by atoms with Gasteiger partial charge in [-0.1, -0.05) is 26.8 Å². The van der Waals surface area contributed by atoms with E-state index in [1.807, 2.05) is 34.6 Å². The number of aryl methyl sites for hydroxylation is 1. The molecule has 0 aliphatic carbocycles. The normalized spacial score (nSPS) is 13.2. The van der Waals surface area contributed by atoms with Crippen LogP contribution in [0.15, 0.2) is 42.5 Å². The molecule has 9 heteroatoms. The number of anilines is 1. The second-order valence-corrected chi connectivity index (χ2v) is 12.4. The van der Waals surface area contributed by atoms with Crippen molar-refractivity contribution in [1.29, 1.82) is 0 Å². The molecule has 3 amide bonds. The lowest BCUT2D eigenvalue weighted by Crippen LogP contribution is -2.59. The molecule has 0 heterocycles. The Morgan fingerprint density at radius 3 is 2.10 bits per heavy atom. The van der Waals surface area contributed by atoms with Crippen LogP contribution in [0.5, 0.6) is 11.5 Å². The van der Waals surface area contributed by atoms with Crippen molar-refractivity contribution in [3.8, 4) is 11.5 Å². The van der Waals surface area contributed by atoms with Gasteiger partial charge in [-0.25, -0.2) is 4.79 Å². The average Bonchev–Trinajstić information content (AvgIpc) is 2.87. The third-order valence-corrected chi connectivity index (χ3v) is 6.85. The van der Waals surface area contributed by atoms with Crippen LogP contribution >= 0.6 is 0 Å². The highest BCUT2D eigenvalue weighted by atomic mass is 16.6. The van der Waals surface area contributed by atoms with Gasteiger partial charge in [0.2, 0.25) is 5.91 Å². The van der Waals surface area contributed by atoms with Gasteiger partial charge in [0.15, 0.2) is 0 Å². The quantitative estimate of drug-likeness (QED) is 0.290. The summed E-state index contributed by atoms with van der Waals surface area (Å²) < 4.78 is 10.7. The van der Waals surface area contributed by atoms with Crippen molar-refractivity contribution < 1.29 is 29.0 Å². The molecular weight excluding hydrogens is 522 g/mol. The van der Waals surface area contributed by atoms with Crippen LogP contribution in [0, 0.1) is 12.8 Å². The molecule has 0 aromatic heterocycles. The van der Waals surface area contributed by atoms with E-state index in [2.05, 4.69) is 10.6 Å². The predicted octanol–water partition coefficient (Wildman–Crippen LogP) is 6.35. The second kappa shape index (κ2) is 13.7. The zero-order valence-electron chi connectivity index (χ0n) is 26.1. The monoisotopic (exact) mass is 569 g/mol.